The lowest BCUT2D eigenvalue weighted by Gasteiger charge is -2.42. The quantitative estimate of drug-likeness (QED) is 0.853. The molecule has 1 aliphatic heterocycles. The molecule has 1 aromatic carbocycles. The van der Waals surface area contributed by atoms with Gasteiger partial charge in [0.15, 0.2) is 0 Å². The maximum Gasteiger partial charge on any atom is 0.115 e. The lowest BCUT2D eigenvalue weighted by atomic mass is 9.75. The van der Waals surface area contributed by atoms with Crippen molar-refractivity contribution in [3.63, 3.8) is 0 Å². The lowest BCUT2D eigenvalue weighted by molar-refractivity contribution is 0.170. The Morgan fingerprint density at radius 1 is 1.22 bits per heavy atom. The fourth-order valence-electron chi connectivity index (χ4n) is 3.02. The van der Waals surface area contributed by atoms with Crippen LogP contribution in [0.4, 0.5) is 0 Å². The average Bonchev–Trinajstić information content (AvgIpc) is 2.39. The van der Waals surface area contributed by atoms with Crippen LogP contribution in [-0.4, -0.2) is 17.2 Å². The summed E-state index contributed by atoms with van der Waals surface area (Å²) in [6.45, 7) is 5.82. The first-order chi connectivity index (χ1) is 8.62. The summed E-state index contributed by atoms with van der Waals surface area (Å²) in [4.78, 5) is 0. The van der Waals surface area contributed by atoms with Gasteiger partial charge in [-0.3, -0.25) is 0 Å². The van der Waals surface area contributed by atoms with Crippen LogP contribution < -0.4 is 5.32 Å². The van der Waals surface area contributed by atoms with Crippen molar-refractivity contribution in [1.29, 1.82) is 0 Å². The molecule has 0 saturated carbocycles. The average molecular weight is 247 g/mol. The monoisotopic (exact) mass is 247 g/mol. The summed E-state index contributed by atoms with van der Waals surface area (Å²) in [6, 6.07) is 7.63. The Hall–Kier alpha value is -1.02. The van der Waals surface area contributed by atoms with Gasteiger partial charge in [-0.05, 0) is 55.8 Å². The smallest absolute Gasteiger partial charge is 0.115 e. The van der Waals surface area contributed by atoms with E-state index in [1.165, 1.54) is 31.2 Å². The molecule has 2 heteroatoms. The van der Waals surface area contributed by atoms with Gasteiger partial charge in [0, 0.05) is 5.54 Å². The van der Waals surface area contributed by atoms with Gasteiger partial charge in [0.1, 0.15) is 5.75 Å². The topological polar surface area (TPSA) is 32.3 Å². The van der Waals surface area contributed by atoms with Crippen LogP contribution in [0.2, 0.25) is 0 Å². The highest BCUT2D eigenvalue weighted by Crippen LogP contribution is 2.31. The third-order valence-electron chi connectivity index (χ3n) is 4.43. The molecule has 0 spiro atoms. The molecule has 1 heterocycles. The van der Waals surface area contributed by atoms with Crippen molar-refractivity contribution >= 4 is 0 Å². The van der Waals surface area contributed by atoms with Crippen LogP contribution in [-0.2, 0) is 6.42 Å². The molecule has 100 valence electrons. The summed E-state index contributed by atoms with van der Waals surface area (Å²) in [6.07, 6.45) is 6.23. The summed E-state index contributed by atoms with van der Waals surface area (Å²) in [7, 11) is 0. The molecule has 18 heavy (non-hydrogen) atoms. The number of hydrogen-bond acceptors (Lipinski definition) is 2. The number of piperidine rings is 1. The highest BCUT2D eigenvalue weighted by atomic mass is 16.3. The van der Waals surface area contributed by atoms with E-state index >= 15 is 0 Å². The molecule has 1 fully saturated rings. The Kier molecular flexibility index (Phi) is 4.28. The van der Waals surface area contributed by atoms with Crippen LogP contribution in [0.5, 0.6) is 5.75 Å². The molecular formula is C16H25NO. The summed E-state index contributed by atoms with van der Waals surface area (Å²) in [5, 5.41) is 13.1. The predicted molar refractivity (Wildman–Crippen MR) is 75.9 cm³/mol. The molecule has 1 aromatic rings. The Balaban J connectivity index is 1.99. The van der Waals surface area contributed by atoms with E-state index in [2.05, 4.69) is 19.2 Å². The first kappa shape index (κ1) is 13.4. The second-order valence-corrected chi connectivity index (χ2v) is 5.86. The molecular weight excluding hydrogens is 222 g/mol. The second kappa shape index (κ2) is 5.75. The van der Waals surface area contributed by atoms with Gasteiger partial charge in [0.25, 0.3) is 0 Å². The molecule has 1 aliphatic rings. The van der Waals surface area contributed by atoms with Crippen molar-refractivity contribution in [2.45, 2.75) is 51.5 Å². The van der Waals surface area contributed by atoms with Gasteiger partial charge in [-0.25, -0.2) is 0 Å². The zero-order valence-corrected chi connectivity index (χ0v) is 11.6. The molecule has 2 nitrogen and oxygen atoms in total. The minimum Gasteiger partial charge on any atom is -0.508 e. The first-order valence-corrected chi connectivity index (χ1v) is 7.15. The SMILES string of the molecule is CC(C)C1(CCc2ccc(O)cc2)CCCCN1. The number of rotatable bonds is 4. The van der Waals surface area contributed by atoms with Crippen molar-refractivity contribution in [3.8, 4) is 5.75 Å². The minimum absolute atomic E-state index is 0.316. The molecule has 2 rings (SSSR count). The zero-order valence-electron chi connectivity index (χ0n) is 11.6. The first-order valence-electron chi connectivity index (χ1n) is 7.15. The third-order valence-corrected chi connectivity index (χ3v) is 4.43. The zero-order chi connectivity index (χ0) is 13.0. The largest absolute Gasteiger partial charge is 0.508 e. The third kappa shape index (κ3) is 3.05. The number of phenolic OH excluding ortho intramolecular Hbond substituents is 1. The molecule has 0 aliphatic carbocycles. The van der Waals surface area contributed by atoms with Gasteiger partial charge >= 0.3 is 0 Å². The number of nitrogens with one attached hydrogen (secondary N) is 1. The van der Waals surface area contributed by atoms with Crippen LogP contribution >= 0.6 is 0 Å². The predicted octanol–water partition coefficient (Wildman–Crippen LogP) is 3.49. The van der Waals surface area contributed by atoms with E-state index in [9.17, 15) is 5.11 Å². The Bertz CT molecular complexity index is 363. The number of benzene rings is 1. The van der Waals surface area contributed by atoms with E-state index in [1.807, 2.05) is 12.1 Å². The van der Waals surface area contributed by atoms with Crippen LogP contribution in [0.15, 0.2) is 24.3 Å². The number of phenols is 1. The number of aryl methyl sites for hydroxylation is 1. The Morgan fingerprint density at radius 3 is 2.50 bits per heavy atom. The van der Waals surface area contributed by atoms with E-state index in [0.717, 1.165) is 13.0 Å². The van der Waals surface area contributed by atoms with Crippen molar-refractivity contribution in [3.05, 3.63) is 29.8 Å². The lowest BCUT2D eigenvalue weighted by Crippen LogP contribution is -2.52. The fourth-order valence-corrected chi connectivity index (χ4v) is 3.02. The van der Waals surface area contributed by atoms with Gasteiger partial charge < -0.3 is 10.4 Å². The van der Waals surface area contributed by atoms with Crippen LogP contribution in [0.1, 0.15) is 45.1 Å². The summed E-state index contributed by atoms with van der Waals surface area (Å²) >= 11 is 0. The standard InChI is InChI=1S/C16H25NO/c1-13(2)16(10-3-4-12-17-16)11-9-14-5-7-15(18)8-6-14/h5-8,13,17-18H,3-4,9-12H2,1-2H3. The molecule has 0 aromatic heterocycles. The molecule has 1 atom stereocenters. The van der Waals surface area contributed by atoms with Crippen molar-refractivity contribution < 1.29 is 5.11 Å². The van der Waals surface area contributed by atoms with E-state index in [1.54, 1.807) is 12.1 Å². The normalized spacial score (nSPS) is 24.4. The molecule has 0 radical (unpaired) electrons. The van der Waals surface area contributed by atoms with Crippen molar-refractivity contribution in [2.75, 3.05) is 6.54 Å². The number of aromatic hydroxyl groups is 1. The summed E-state index contributed by atoms with van der Waals surface area (Å²) in [5.74, 6) is 1.03. The molecule has 0 amide bonds. The van der Waals surface area contributed by atoms with Crippen molar-refractivity contribution in [1.82, 2.24) is 5.32 Å². The molecule has 1 unspecified atom stereocenters. The minimum atomic E-state index is 0.316. The van der Waals surface area contributed by atoms with Gasteiger partial charge in [0.05, 0.1) is 0 Å². The summed E-state index contributed by atoms with van der Waals surface area (Å²) < 4.78 is 0. The Morgan fingerprint density at radius 2 is 1.94 bits per heavy atom. The molecule has 0 bridgehead atoms. The second-order valence-electron chi connectivity index (χ2n) is 5.86. The highest BCUT2D eigenvalue weighted by Gasteiger charge is 2.34. The van der Waals surface area contributed by atoms with Gasteiger partial charge in [-0.2, -0.15) is 0 Å². The Labute approximate surface area is 110 Å². The summed E-state index contributed by atoms with van der Waals surface area (Å²) in [5.41, 5.74) is 1.64. The number of hydrogen-bond donors (Lipinski definition) is 2. The molecule has 1 saturated heterocycles. The van der Waals surface area contributed by atoms with Crippen molar-refractivity contribution in [2.24, 2.45) is 5.92 Å². The van der Waals surface area contributed by atoms with Crippen LogP contribution in [0.3, 0.4) is 0 Å². The van der Waals surface area contributed by atoms with Gasteiger partial charge in [-0.15, -0.1) is 0 Å². The molecule has 2 N–H and O–H groups in total. The van der Waals surface area contributed by atoms with E-state index in [-0.39, 0.29) is 0 Å². The fraction of sp³-hybridized carbons (Fsp3) is 0.625. The van der Waals surface area contributed by atoms with E-state index < -0.39 is 0 Å². The van der Waals surface area contributed by atoms with Crippen LogP contribution in [0.25, 0.3) is 0 Å². The maximum atomic E-state index is 9.30. The van der Waals surface area contributed by atoms with Crippen LogP contribution in [0, 0.1) is 5.92 Å². The van der Waals surface area contributed by atoms with Gasteiger partial charge in [0.2, 0.25) is 0 Å². The van der Waals surface area contributed by atoms with E-state index in [0.29, 0.717) is 17.2 Å². The van der Waals surface area contributed by atoms with E-state index in [4.69, 9.17) is 0 Å². The maximum absolute atomic E-state index is 9.30. The highest BCUT2D eigenvalue weighted by molar-refractivity contribution is 5.26. The van der Waals surface area contributed by atoms with Gasteiger partial charge in [-0.1, -0.05) is 32.4 Å².